The molecule has 1 aliphatic heterocycles. The quantitative estimate of drug-likeness (QED) is 0.897. The van der Waals surface area contributed by atoms with Gasteiger partial charge in [0.05, 0.1) is 25.3 Å². The molecule has 1 aliphatic rings. The van der Waals surface area contributed by atoms with Crippen LogP contribution in [0.4, 0.5) is 0 Å². The van der Waals surface area contributed by atoms with Gasteiger partial charge in [0.1, 0.15) is 5.75 Å². The van der Waals surface area contributed by atoms with E-state index < -0.39 is 0 Å². The molecule has 0 saturated carbocycles. The smallest absolute Gasteiger partial charge is 0.137 e. The average molecular weight is 256 g/mol. The summed E-state index contributed by atoms with van der Waals surface area (Å²) in [4.78, 5) is 0. The van der Waals surface area contributed by atoms with Crippen LogP contribution in [-0.4, -0.2) is 26.9 Å². The Morgan fingerprint density at radius 3 is 2.65 bits per heavy atom. The van der Waals surface area contributed by atoms with Crippen molar-refractivity contribution in [2.75, 3.05) is 26.9 Å². The highest BCUT2D eigenvalue weighted by atomic mass is 35.5. The fourth-order valence-corrected chi connectivity index (χ4v) is 2.39. The van der Waals surface area contributed by atoms with Gasteiger partial charge in [-0.15, -0.1) is 0 Å². The van der Waals surface area contributed by atoms with Crippen molar-refractivity contribution in [1.29, 1.82) is 0 Å². The Hall–Kier alpha value is -0.770. The van der Waals surface area contributed by atoms with Gasteiger partial charge in [0.2, 0.25) is 0 Å². The number of halogens is 1. The van der Waals surface area contributed by atoms with Crippen LogP contribution in [0.2, 0.25) is 5.02 Å². The lowest BCUT2D eigenvalue weighted by atomic mass is 9.79. The molecule has 2 rings (SSSR count). The summed E-state index contributed by atoms with van der Waals surface area (Å²) in [5.41, 5.74) is 8.34. The zero-order valence-corrected chi connectivity index (χ0v) is 11.0. The van der Waals surface area contributed by atoms with Gasteiger partial charge in [-0.2, -0.15) is 0 Å². The fraction of sp³-hybridized carbons (Fsp3) is 0.538. The first-order chi connectivity index (χ1) is 8.10. The Labute approximate surface area is 107 Å². The molecule has 94 valence electrons. The van der Waals surface area contributed by atoms with Gasteiger partial charge in [-0.1, -0.05) is 11.6 Å². The second-order valence-corrected chi connectivity index (χ2v) is 5.19. The number of rotatable bonds is 4. The molecule has 17 heavy (non-hydrogen) atoms. The third-order valence-corrected chi connectivity index (χ3v) is 3.72. The van der Waals surface area contributed by atoms with Crippen LogP contribution >= 0.6 is 11.6 Å². The van der Waals surface area contributed by atoms with E-state index in [-0.39, 0.29) is 5.41 Å². The second kappa shape index (κ2) is 4.84. The van der Waals surface area contributed by atoms with Gasteiger partial charge in [-0.25, -0.2) is 0 Å². The minimum atomic E-state index is 0.0999. The van der Waals surface area contributed by atoms with Gasteiger partial charge in [0.25, 0.3) is 0 Å². The Bertz CT molecular complexity index is 411. The number of hydrogen-bond donors (Lipinski definition) is 1. The molecule has 1 heterocycles. The monoisotopic (exact) mass is 255 g/mol. The fourth-order valence-electron chi connectivity index (χ4n) is 2.13. The number of methoxy groups -OCH3 is 1. The predicted octanol–water partition coefficient (Wildman–Crippen LogP) is 2.17. The van der Waals surface area contributed by atoms with E-state index in [4.69, 9.17) is 26.8 Å². The number of hydrogen-bond acceptors (Lipinski definition) is 3. The van der Waals surface area contributed by atoms with E-state index in [1.165, 1.54) is 11.1 Å². The Balaban J connectivity index is 2.24. The molecule has 2 N–H and O–H groups in total. The molecule has 0 spiro atoms. The molecule has 1 aromatic rings. The SMILES string of the molecule is COc1cc(C)c(CC2(CN)COC2)cc1Cl. The molecular weight excluding hydrogens is 238 g/mol. The molecule has 0 aliphatic carbocycles. The van der Waals surface area contributed by atoms with Crippen LogP contribution < -0.4 is 10.5 Å². The normalized spacial score (nSPS) is 17.6. The van der Waals surface area contributed by atoms with Crippen LogP contribution in [0.5, 0.6) is 5.75 Å². The standard InChI is InChI=1S/C13H18ClNO2/c1-9-3-12(16-2)11(14)4-10(9)5-13(6-15)7-17-8-13/h3-4H,5-8,15H2,1-2H3. The maximum absolute atomic E-state index is 6.15. The van der Waals surface area contributed by atoms with E-state index >= 15 is 0 Å². The van der Waals surface area contributed by atoms with Crippen molar-refractivity contribution < 1.29 is 9.47 Å². The van der Waals surface area contributed by atoms with Gasteiger partial charge >= 0.3 is 0 Å². The first-order valence-corrected chi connectivity index (χ1v) is 6.09. The van der Waals surface area contributed by atoms with Crippen LogP contribution in [-0.2, 0) is 11.2 Å². The summed E-state index contributed by atoms with van der Waals surface area (Å²) >= 11 is 6.15. The summed E-state index contributed by atoms with van der Waals surface area (Å²) in [6.07, 6.45) is 0.916. The van der Waals surface area contributed by atoms with Crippen molar-refractivity contribution >= 4 is 11.6 Å². The summed E-state index contributed by atoms with van der Waals surface area (Å²) in [6, 6.07) is 3.95. The van der Waals surface area contributed by atoms with Gasteiger partial charge < -0.3 is 15.2 Å². The Morgan fingerprint density at radius 2 is 2.18 bits per heavy atom. The van der Waals surface area contributed by atoms with Crippen molar-refractivity contribution in [2.45, 2.75) is 13.3 Å². The highest BCUT2D eigenvalue weighted by Crippen LogP contribution is 2.35. The lowest BCUT2D eigenvalue weighted by molar-refractivity contribution is -0.106. The minimum absolute atomic E-state index is 0.0999. The number of aryl methyl sites for hydroxylation is 1. The van der Waals surface area contributed by atoms with Gasteiger partial charge in [0.15, 0.2) is 0 Å². The molecule has 0 atom stereocenters. The van der Waals surface area contributed by atoms with Crippen LogP contribution in [0, 0.1) is 12.3 Å². The van der Waals surface area contributed by atoms with Crippen molar-refractivity contribution in [3.63, 3.8) is 0 Å². The third kappa shape index (κ3) is 2.41. The molecule has 0 bridgehead atoms. The number of benzene rings is 1. The van der Waals surface area contributed by atoms with Gasteiger partial charge in [0, 0.05) is 12.0 Å². The zero-order valence-electron chi connectivity index (χ0n) is 10.3. The molecule has 0 radical (unpaired) electrons. The highest BCUT2D eigenvalue weighted by Gasteiger charge is 2.37. The molecule has 1 aromatic carbocycles. The summed E-state index contributed by atoms with van der Waals surface area (Å²) in [5, 5.41) is 0.653. The Morgan fingerprint density at radius 1 is 1.47 bits per heavy atom. The van der Waals surface area contributed by atoms with E-state index in [0.29, 0.717) is 11.6 Å². The maximum Gasteiger partial charge on any atom is 0.137 e. The maximum atomic E-state index is 6.15. The van der Waals surface area contributed by atoms with Crippen LogP contribution in [0.25, 0.3) is 0 Å². The molecule has 0 aromatic heterocycles. The lowest BCUT2D eigenvalue weighted by Crippen LogP contribution is -2.49. The van der Waals surface area contributed by atoms with Gasteiger partial charge in [-0.3, -0.25) is 0 Å². The van der Waals surface area contributed by atoms with E-state index in [2.05, 4.69) is 6.92 Å². The van der Waals surface area contributed by atoms with Crippen molar-refractivity contribution in [3.8, 4) is 5.75 Å². The molecule has 1 saturated heterocycles. The minimum Gasteiger partial charge on any atom is -0.495 e. The van der Waals surface area contributed by atoms with Crippen molar-refractivity contribution in [3.05, 3.63) is 28.3 Å². The van der Waals surface area contributed by atoms with Crippen molar-refractivity contribution in [1.82, 2.24) is 0 Å². The summed E-state index contributed by atoms with van der Waals surface area (Å²) in [6.45, 7) is 4.20. The number of ether oxygens (including phenoxy) is 2. The zero-order chi connectivity index (χ0) is 12.5. The topological polar surface area (TPSA) is 44.5 Å². The summed E-state index contributed by atoms with van der Waals surface area (Å²) in [5.74, 6) is 0.722. The largest absolute Gasteiger partial charge is 0.495 e. The molecule has 1 fully saturated rings. The van der Waals surface area contributed by atoms with E-state index in [1.54, 1.807) is 7.11 Å². The summed E-state index contributed by atoms with van der Waals surface area (Å²) < 4.78 is 10.5. The van der Waals surface area contributed by atoms with E-state index in [1.807, 2.05) is 12.1 Å². The van der Waals surface area contributed by atoms with Gasteiger partial charge in [-0.05, 0) is 36.6 Å². The molecule has 0 unspecified atom stereocenters. The van der Waals surface area contributed by atoms with Crippen molar-refractivity contribution in [2.24, 2.45) is 11.1 Å². The average Bonchev–Trinajstić information content (AvgIpc) is 2.27. The van der Waals surface area contributed by atoms with Crippen LogP contribution in [0.1, 0.15) is 11.1 Å². The predicted molar refractivity (Wildman–Crippen MR) is 68.8 cm³/mol. The first-order valence-electron chi connectivity index (χ1n) is 5.71. The second-order valence-electron chi connectivity index (χ2n) is 4.79. The van der Waals surface area contributed by atoms with Crippen LogP contribution in [0.3, 0.4) is 0 Å². The first kappa shape index (κ1) is 12.7. The number of nitrogens with two attached hydrogens (primary N) is 1. The molecule has 4 heteroatoms. The third-order valence-electron chi connectivity index (χ3n) is 3.43. The Kier molecular flexibility index (Phi) is 3.61. The summed E-state index contributed by atoms with van der Waals surface area (Å²) in [7, 11) is 1.63. The van der Waals surface area contributed by atoms with Crippen LogP contribution in [0.15, 0.2) is 12.1 Å². The van der Waals surface area contributed by atoms with E-state index in [0.717, 1.165) is 25.4 Å². The highest BCUT2D eigenvalue weighted by molar-refractivity contribution is 6.32. The molecule has 3 nitrogen and oxygen atoms in total. The van der Waals surface area contributed by atoms with E-state index in [9.17, 15) is 0 Å². The molecular formula is C13H18ClNO2. The lowest BCUT2D eigenvalue weighted by Gasteiger charge is -2.41. The molecule has 0 amide bonds.